The number of pyridine rings is 2. The monoisotopic (exact) mass is 410 g/mol. The van der Waals surface area contributed by atoms with Crippen molar-refractivity contribution in [3.8, 4) is 11.3 Å². The molecule has 1 N–H and O–H groups in total. The normalized spacial score (nSPS) is 11.6. The maximum absolute atomic E-state index is 12.8. The van der Waals surface area contributed by atoms with Gasteiger partial charge in [-0.15, -0.1) is 0 Å². The van der Waals surface area contributed by atoms with E-state index in [-0.39, 0.29) is 5.91 Å². The van der Waals surface area contributed by atoms with Crippen molar-refractivity contribution in [2.24, 2.45) is 7.05 Å². The molecule has 0 unspecified atom stereocenters. The van der Waals surface area contributed by atoms with Crippen LogP contribution in [0.3, 0.4) is 0 Å². The van der Waals surface area contributed by atoms with Crippen LogP contribution >= 0.6 is 0 Å². The number of fused-ring (bicyclic) bond motifs is 1. The number of benzene rings is 1. The second-order valence-corrected chi connectivity index (χ2v) is 6.86. The van der Waals surface area contributed by atoms with Crippen molar-refractivity contribution in [2.75, 3.05) is 5.32 Å². The molecular formula is C22H17F3N4O. The summed E-state index contributed by atoms with van der Waals surface area (Å²) in [6, 6.07) is 13.7. The average molecular weight is 410 g/mol. The Morgan fingerprint density at radius 3 is 2.50 bits per heavy atom. The minimum absolute atomic E-state index is 0.357. The van der Waals surface area contributed by atoms with Gasteiger partial charge in [0.05, 0.1) is 11.1 Å². The van der Waals surface area contributed by atoms with E-state index in [1.165, 1.54) is 12.1 Å². The quantitative estimate of drug-likeness (QED) is 0.504. The molecule has 1 amide bonds. The highest BCUT2D eigenvalue weighted by Crippen LogP contribution is 2.32. The van der Waals surface area contributed by atoms with E-state index >= 15 is 0 Å². The highest BCUT2D eigenvalue weighted by Gasteiger charge is 2.30. The van der Waals surface area contributed by atoms with Crippen LogP contribution in [0.1, 0.15) is 21.6 Å². The summed E-state index contributed by atoms with van der Waals surface area (Å²) in [6.07, 6.45) is -2.77. The third-order valence-corrected chi connectivity index (χ3v) is 4.99. The van der Waals surface area contributed by atoms with E-state index in [0.29, 0.717) is 34.0 Å². The molecule has 0 bridgehead atoms. The standard InChI is InChI=1S/C22H17F3N4O/c1-13-17(21(30)28-19-10-7-15-4-3-11-26-20(15)27-19)12-18(29(13)2)14-5-8-16(9-6-14)22(23,24)25/h3-12H,1-2H3,(H,26,27,28,30). The maximum atomic E-state index is 12.8. The molecule has 0 aliphatic heterocycles. The molecule has 4 aromatic rings. The molecule has 3 aromatic heterocycles. The first-order valence-corrected chi connectivity index (χ1v) is 9.11. The second kappa shape index (κ2) is 7.29. The van der Waals surface area contributed by atoms with Gasteiger partial charge in [-0.2, -0.15) is 13.2 Å². The van der Waals surface area contributed by atoms with Gasteiger partial charge in [0.15, 0.2) is 5.65 Å². The van der Waals surface area contributed by atoms with Gasteiger partial charge in [0.25, 0.3) is 5.91 Å². The number of alkyl halides is 3. The van der Waals surface area contributed by atoms with Crippen LogP contribution < -0.4 is 5.32 Å². The van der Waals surface area contributed by atoms with Crippen molar-refractivity contribution in [2.45, 2.75) is 13.1 Å². The van der Waals surface area contributed by atoms with E-state index in [1.807, 2.05) is 12.1 Å². The fraction of sp³-hybridized carbons (Fsp3) is 0.136. The van der Waals surface area contributed by atoms with Crippen molar-refractivity contribution >= 4 is 22.8 Å². The molecule has 0 saturated heterocycles. The maximum Gasteiger partial charge on any atom is 0.416 e. The average Bonchev–Trinajstić information content (AvgIpc) is 3.02. The lowest BCUT2D eigenvalue weighted by Crippen LogP contribution is -2.14. The number of rotatable bonds is 3. The number of hydrogen-bond acceptors (Lipinski definition) is 3. The van der Waals surface area contributed by atoms with E-state index in [9.17, 15) is 18.0 Å². The van der Waals surface area contributed by atoms with Gasteiger partial charge in [-0.05, 0) is 55.0 Å². The van der Waals surface area contributed by atoms with Crippen LogP contribution in [0.5, 0.6) is 0 Å². The lowest BCUT2D eigenvalue weighted by atomic mass is 10.1. The molecular weight excluding hydrogens is 393 g/mol. The molecule has 0 radical (unpaired) electrons. The Balaban J connectivity index is 1.62. The summed E-state index contributed by atoms with van der Waals surface area (Å²) in [5.41, 5.74) is 2.12. The first-order valence-electron chi connectivity index (χ1n) is 9.11. The summed E-state index contributed by atoms with van der Waals surface area (Å²) in [4.78, 5) is 21.3. The van der Waals surface area contributed by atoms with Crippen LogP contribution in [0.15, 0.2) is 60.8 Å². The fourth-order valence-electron chi connectivity index (χ4n) is 3.24. The molecule has 3 heterocycles. The zero-order valence-electron chi connectivity index (χ0n) is 16.2. The van der Waals surface area contributed by atoms with Crippen LogP contribution in [0.4, 0.5) is 19.0 Å². The summed E-state index contributed by atoms with van der Waals surface area (Å²) in [7, 11) is 1.76. The van der Waals surface area contributed by atoms with Gasteiger partial charge in [-0.25, -0.2) is 9.97 Å². The Bertz CT molecular complexity index is 1240. The highest BCUT2D eigenvalue weighted by molar-refractivity contribution is 6.05. The number of carbonyl (C=O) groups is 1. The Morgan fingerprint density at radius 2 is 1.80 bits per heavy atom. The zero-order valence-corrected chi connectivity index (χ0v) is 16.2. The first-order chi connectivity index (χ1) is 14.2. The number of carbonyl (C=O) groups excluding carboxylic acids is 1. The lowest BCUT2D eigenvalue weighted by molar-refractivity contribution is -0.137. The molecule has 0 aliphatic rings. The summed E-state index contributed by atoms with van der Waals surface area (Å²) < 4.78 is 40.2. The van der Waals surface area contributed by atoms with E-state index in [0.717, 1.165) is 17.5 Å². The Hall–Kier alpha value is -3.68. The van der Waals surface area contributed by atoms with E-state index in [1.54, 1.807) is 42.9 Å². The van der Waals surface area contributed by atoms with Gasteiger partial charge in [0.2, 0.25) is 0 Å². The van der Waals surface area contributed by atoms with Crippen molar-refractivity contribution in [3.63, 3.8) is 0 Å². The largest absolute Gasteiger partial charge is 0.416 e. The van der Waals surface area contributed by atoms with Crippen LogP contribution in [0, 0.1) is 6.92 Å². The number of hydrogen-bond donors (Lipinski definition) is 1. The molecule has 5 nitrogen and oxygen atoms in total. The Kier molecular flexibility index (Phi) is 4.77. The highest BCUT2D eigenvalue weighted by atomic mass is 19.4. The fourth-order valence-corrected chi connectivity index (χ4v) is 3.24. The van der Waals surface area contributed by atoms with E-state index in [2.05, 4.69) is 15.3 Å². The van der Waals surface area contributed by atoms with E-state index < -0.39 is 11.7 Å². The van der Waals surface area contributed by atoms with Crippen molar-refractivity contribution < 1.29 is 18.0 Å². The van der Waals surface area contributed by atoms with Crippen molar-refractivity contribution in [1.29, 1.82) is 0 Å². The van der Waals surface area contributed by atoms with Gasteiger partial charge in [-0.1, -0.05) is 12.1 Å². The van der Waals surface area contributed by atoms with E-state index in [4.69, 9.17) is 0 Å². The predicted octanol–water partition coefficient (Wildman–Crippen LogP) is 5.21. The van der Waals surface area contributed by atoms with Crippen molar-refractivity contribution in [3.05, 3.63) is 77.6 Å². The molecule has 8 heteroatoms. The molecule has 0 saturated carbocycles. The van der Waals surface area contributed by atoms with Gasteiger partial charge >= 0.3 is 6.18 Å². The van der Waals surface area contributed by atoms with Crippen molar-refractivity contribution in [1.82, 2.24) is 14.5 Å². The van der Waals surface area contributed by atoms with Gasteiger partial charge in [0, 0.05) is 30.0 Å². The molecule has 4 rings (SSSR count). The van der Waals surface area contributed by atoms with Gasteiger partial charge in [0.1, 0.15) is 5.82 Å². The number of anilines is 1. The topological polar surface area (TPSA) is 59.8 Å². The number of nitrogens with one attached hydrogen (secondary N) is 1. The second-order valence-electron chi connectivity index (χ2n) is 6.86. The van der Waals surface area contributed by atoms with Crippen LogP contribution in [-0.4, -0.2) is 20.4 Å². The number of nitrogens with zero attached hydrogens (tertiary/aromatic N) is 3. The number of halogens is 3. The molecule has 0 aliphatic carbocycles. The summed E-state index contributed by atoms with van der Waals surface area (Å²) >= 11 is 0. The van der Waals surface area contributed by atoms with Crippen LogP contribution in [0.25, 0.3) is 22.3 Å². The summed E-state index contributed by atoms with van der Waals surface area (Å²) in [6.45, 7) is 1.78. The molecule has 0 atom stereocenters. The first kappa shape index (κ1) is 19.6. The molecule has 0 fully saturated rings. The summed E-state index contributed by atoms with van der Waals surface area (Å²) in [5.74, 6) is 0.00887. The Labute approximate surface area is 170 Å². The van der Waals surface area contributed by atoms with Crippen LogP contribution in [0.2, 0.25) is 0 Å². The predicted molar refractivity (Wildman–Crippen MR) is 108 cm³/mol. The van der Waals surface area contributed by atoms with Crippen LogP contribution in [-0.2, 0) is 13.2 Å². The number of aromatic nitrogens is 3. The molecule has 30 heavy (non-hydrogen) atoms. The third-order valence-electron chi connectivity index (χ3n) is 4.99. The molecule has 1 aromatic carbocycles. The smallest absolute Gasteiger partial charge is 0.347 e. The van der Waals surface area contributed by atoms with Gasteiger partial charge in [-0.3, -0.25) is 4.79 Å². The molecule has 152 valence electrons. The lowest BCUT2D eigenvalue weighted by Gasteiger charge is -2.09. The third kappa shape index (κ3) is 3.63. The Morgan fingerprint density at radius 1 is 1.07 bits per heavy atom. The minimum atomic E-state index is -4.39. The zero-order chi connectivity index (χ0) is 21.5. The molecule has 0 spiro atoms. The SMILES string of the molecule is Cc1c(C(=O)Nc2ccc3cccnc3n2)cc(-c2ccc(C(F)(F)F)cc2)n1C. The minimum Gasteiger partial charge on any atom is -0.347 e. The summed E-state index contributed by atoms with van der Waals surface area (Å²) in [5, 5.41) is 3.62. The van der Waals surface area contributed by atoms with Gasteiger partial charge < -0.3 is 9.88 Å². The number of amides is 1.